The quantitative estimate of drug-likeness (QED) is 0.873. The average Bonchev–Trinajstić information content (AvgIpc) is 2.28. The fraction of sp³-hybridized carbons (Fsp3) is 0.467. The maximum absolute atomic E-state index is 11.7. The first-order chi connectivity index (χ1) is 8.70. The van der Waals surface area contributed by atoms with Crippen LogP contribution in [0.5, 0.6) is 0 Å². The Labute approximate surface area is 113 Å². The molecule has 0 radical (unpaired) electrons. The van der Waals surface area contributed by atoms with E-state index in [0.29, 0.717) is 0 Å². The Morgan fingerprint density at radius 2 is 1.89 bits per heavy atom. The van der Waals surface area contributed by atoms with Gasteiger partial charge in [0.1, 0.15) is 6.54 Å². The number of aliphatic carboxylic acids is 1. The second kappa shape index (κ2) is 5.87. The van der Waals surface area contributed by atoms with Crippen molar-refractivity contribution in [3.63, 3.8) is 0 Å². The van der Waals surface area contributed by atoms with Crippen molar-refractivity contribution in [2.45, 2.75) is 39.5 Å². The minimum atomic E-state index is -1.03. The van der Waals surface area contributed by atoms with E-state index in [1.54, 1.807) is 0 Å². The van der Waals surface area contributed by atoms with Crippen LogP contribution in [-0.4, -0.2) is 23.5 Å². The number of benzene rings is 1. The summed E-state index contributed by atoms with van der Waals surface area (Å²) in [5, 5.41) is 10.9. The van der Waals surface area contributed by atoms with Crippen molar-refractivity contribution in [3.8, 4) is 0 Å². The molecule has 0 heterocycles. The van der Waals surface area contributed by atoms with Gasteiger partial charge in [-0.15, -0.1) is 0 Å². The van der Waals surface area contributed by atoms with Crippen LogP contribution in [0, 0.1) is 6.92 Å². The highest BCUT2D eigenvalue weighted by Crippen LogP contribution is 2.24. The van der Waals surface area contributed by atoms with Crippen LogP contribution in [0.2, 0.25) is 0 Å². The molecule has 0 spiro atoms. The van der Waals surface area contributed by atoms with E-state index in [2.05, 4.69) is 32.2 Å². The highest BCUT2D eigenvalue weighted by atomic mass is 16.4. The van der Waals surface area contributed by atoms with Crippen LogP contribution in [0.3, 0.4) is 0 Å². The summed E-state index contributed by atoms with van der Waals surface area (Å²) in [6.07, 6.45) is 0.211. The monoisotopic (exact) mass is 263 g/mol. The van der Waals surface area contributed by atoms with Gasteiger partial charge in [0.25, 0.3) is 0 Å². The van der Waals surface area contributed by atoms with Crippen molar-refractivity contribution in [1.29, 1.82) is 0 Å². The highest BCUT2D eigenvalue weighted by molar-refractivity contribution is 5.83. The number of amides is 1. The molecule has 0 saturated heterocycles. The average molecular weight is 263 g/mol. The number of carboxylic acids is 1. The second-order valence-corrected chi connectivity index (χ2v) is 5.74. The fourth-order valence-corrected chi connectivity index (χ4v) is 1.74. The number of hydrogen-bond donors (Lipinski definition) is 2. The van der Waals surface area contributed by atoms with Gasteiger partial charge >= 0.3 is 5.97 Å². The number of aryl methyl sites for hydroxylation is 1. The van der Waals surface area contributed by atoms with E-state index in [1.807, 2.05) is 19.1 Å². The number of nitrogens with one attached hydrogen (secondary N) is 1. The number of carboxylic acid groups (broad SMARTS) is 1. The smallest absolute Gasteiger partial charge is 0.322 e. The van der Waals surface area contributed by atoms with Crippen molar-refractivity contribution < 1.29 is 14.7 Å². The summed E-state index contributed by atoms with van der Waals surface area (Å²) in [5.74, 6) is -1.30. The normalized spacial score (nSPS) is 11.2. The maximum Gasteiger partial charge on any atom is 0.322 e. The molecule has 1 amide bonds. The number of rotatable bonds is 4. The SMILES string of the molecule is Cc1ccc(C(C)(C)C)cc1CC(=O)NCC(=O)O. The highest BCUT2D eigenvalue weighted by Gasteiger charge is 2.15. The molecule has 4 heteroatoms. The molecule has 1 aromatic carbocycles. The molecular weight excluding hydrogens is 242 g/mol. The van der Waals surface area contributed by atoms with E-state index >= 15 is 0 Å². The molecule has 0 aliphatic heterocycles. The van der Waals surface area contributed by atoms with Crippen molar-refractivity contribution >= 4 is 11.9 Å². The molecular formula is C15H21NO3. The van der Waals surface area contributed by atoms with Gasteiger partial charge in [0.05, 0.1) is 6.42 Å². The minimum absolute atomic E-state index is 0.0278. The zero-order chi connectivity index (χ0) is 14.6. The number of hydrogen-bond acceptors (Lipinski definition) is 2. The van der Waals surface area contributed by atoms with Gasteiger partial charge in [-0.1, -0.05) is 39.0 Å². The first-order valence-corrected chi connectivity index (χ1v) is 6.28. The molecule has 2 N–H and O–H groups in total. The standard InChI is InChI=1S/C15H21NO3/c1-10-5-6-12(15(2,3)4)7-11(10)8-13(17)16-9-14(18)19/h5-7H,8-9H2,1-4H3,(H,16,17)(H,18,19). The molecule has 19 heavy (non-hydrogen) atoms. The summed E-state index contributed by atoms with van der Waals surface area (Å²) in [4.78, 5) is 22.0. The molecule has 4 nitrogen and oxygen atoms in total. The molecule has 0 fully saturated rings. The van der Waals surface area contributed by atoms with Crippen molar-refractivity contribution in [1.82, 2.24) is 5.32 Å². The number of carbonyl (C=O) groups excluding carboxylic acids is 1. The van der Waals surface area contributed by atoms with E-state index in [0.717, 1.165) is 11.1 Å². The Morgan fingerprint density at radius 3 is 2.42 bits per heavy atom. The molecule has 0 aromatic heterocycles. The summed E-state index contributed by atoms with van der Waals surface area (Å²) in [5.41, 5.74) is 3.17. The molecule has 0 saturated carbocycles. The van der Waals surface area contributed by atoms with Gasteiger partial charge in [0, 0.05) is 0 Å². The van der Waals surface area contributed by atoms with Crippen LogP contribution in [0.4, 0.5) is 0 Å². The van der Waals surface area contributed by atoms with Crippen LogP contribution in [0.1, 0.15) is 37.5 Å². The lowest BCUT2D eigenvalue weighted by Gasteiger charge is -2.20. The fourth-order valence-electron chi connectivity index (χ4n) is 1.74. The van der Waals surface area contributed by atoms with Gasteiger partial charge in [-0.25, -0.2) is 0 Å². The van der Waals surface area contributed by atoms with Crippen LogP contribution in [0.15, 0.2) is 18.2 Å². The van der Waals surface area contributed by atoms with Gasteiger partial charge in [-0.2, -0.15) is 0 Å². The van der Waals surface area contributed by atoms with Gasteiger partial charge < -0.3 is 10.4 Å². The van der Waals surface area contributed by atoms with Crippen LogP contribution in [-0.2, 0) is 21.4 Å². The van der Waals surface area contributed by atoms with Gasteiger partial charge in [-0.3, -0.25) is 9.59 Å². The predicted octanol–water partition coefficient (Wildman–Crippen LogP) is 2.04. The molecule has 0 aliphatic carbocycles. The van der Waals surface area contributed by atoms with Crippen molar-refractivity contribution in [2.24, 2.45) is 0 Å². The van der Waals surface area contributed by atoms with Gasteiger partial charge in [-0.05, 0) is 29.0 Å². The lowest BCUT2D eigenvalue weighted by Crippen LogP contribution is -2.30. The Bertz CT molecular complexity index is 487. The largest absolute Gasteiger partial charge is 0.480 e. The minimum Gasteiger partial charge on any atom is -0.480 e. The molecule has 1 rings (SSSR count). The van der Waals surface area contributed by atoms with E-state index in [9.17, 15) is 9.59 Å². The van der Waals surface area contributed by atoms with E-state index in [-0.39, 0.29) is 24.3 Å². The van der Waals surface area contributed by atoms with Crippen LogP contribution >= 0.6 is 0 Å². The van der Waals surface area contributed by atoms with Crippen molar-refractivity contribution in [3.05, 3.63) is 34.9 Å². The van der Waals surface area contributed by atoms with E-state index < -0.39 is 5.97 Å². The maximum atomic E-state index is 11.7. The summed E-state index contributed by atoms with van der Waals surface area (Å²) in [7, 11) is 0. The third-order valence-corrected chi connectivity index (χ3v) is 3.00. The lowest BCUT2D eigenvalue weighted by molar-refractivity contribution is -0.137. The third kappa shape index (κ3) is 4.73. The Balaban J connectivity index is 2.83. The van der Waals surface area contributed by atoms with Crippen LogP contribution < -0.4 is 5.32 Å². The van der Waals surface area contributed by atoms with E-state index in [1.165, 1.54) is 5.56 Å². The Hall–Kier alpha value is -1.84. The van der Waals surface area contributed by atoms with Crippen LogP contribution in [0.25, 0.3) is 0 Å². The second-order valence-electron chi connectivity index (χ2n) is 5.74. The molecule has 0 bridgehead atoms. The summed E-state index contributed by atoms with van der Waals surface area (Å²) >= 11 is 0. The molecule has 1 aromatic rings. The molecule has 0 aliphatic rings. The first kappa shape index (κ1) is 15.2. The van der Waals surface area contributed by atoms with Gasteiger partial charge in [0.15, 0.2) is 0 Å². The zero-order valence-electron chi connectivity index (χ0n) is 11.9. The van der Waals surface area contributed by atoms with Gasteiger partial charge in [0.2, 0.25) is 5.91 Å². The molecule has 104 valence electrons. The Morgan fingerprint density at radius 1 is 1.26 bits per heavy atom. The zero-order valence-corrected chi connectivity index (χ0v) is 11.9. The van der Waals surface area contributed by atoms with E-state index in [4.69, 9.17) is 5.11 Å². The third-order valence-electron chi connectivity index (χ3n) is 3.00. The first-order valence-electron chi connectivity index (χ1n) is 6.28. The summed E-state index contributed by atoms with van der Waals surface area (Å²) in [6, 6.07) is 6.09. The predicted molar refractivity (Wildman–Crippen MR) is 74.2 cm³/mol. The summed E-state index contributed by atoms with van der Waals surface area (Å²) in [6.45, 7) is 7.97. The lowest BCUT2D eigenvalue weighted by atomic mass is 9.85. The Kier molecular flexibility index (Phi) is 4.70. The summed E-state index contributed by atoms with van der Waals surface area (Å²) < 4.78 is 0. The molecule has 0 atom stereocenters. The topological polar surface area (TPSA) is 66.4 Å². The number of carbonyl (C=O) groups is 2. The van der Waals surface area contributed by atoms with Crippen molar-refractivity contribution in [2.75, 3.05) is 6.54 Å². The molecule has 0 unspecified atom stereocenters.